The van der Waals surface area contributed by atoms with Crippen LogP contribution in [0.2, 0.25) is 0 Å². The zero-order chi connectivity index (χ0) is 14.7. The van der Waals surface area contributed by atoms with E-state index in [0.29, 0.717) is 5.56 Å². The van der Waals surface area contributed by atoms with Gasteiger partial charge < -0.3 is 5.32 Å². The van der Waals surface area contributed by atoms with E-state index in [0.717, 1.165) is 19.8 Å². The highest BCUT2D eigenvalue weighted by Gasteiger charge is 2.07. The SMILES string of the molecule is O=C(Nc1ccc(-c2nccs2)cc1)c1cccc(I)c1. The Morgan fingerprint density at radius 3 is 2.62 bits per heavy atom. The molecule has 0 atom stereocenters. The fourth-order valence-corrected chi connectivity index (χ4v) is 3.08. The van der Waals surface area contributed by atoms with Crippen molar-refractivity contribution < 1.29 is 4.79 Å². The van der Waals surface area contributed by atoms with E-state index >= 15 is 0 Å². The number of carbonyl (C=O) groups is 1. The van der Waals surface area contributed by atoms with Crippen LogP contribution in [0.25, 0.3) is 10.6 Å². The molecule has 1 aromatic heterocycles. The second-order valence-electron chi connectivity index (χ2n) is 4.38. The Morgan fingerprint density at radius 1 is 1.14 bits per heavy atom. The minimum Gasteiger partial charge on any atom is -0.322 e. The lowest BCUT2D eigenvalue weighted by Crippen LogP contribution is -2.11. The van der Waals surface area contributed by atoms with Crippen LogP contribution in [0.5, 0.6) is 0 Å². The number of anilines is 1. The van der Waals surface area contributed by atoms with E-state index in [1.165, 1.54) is 0 Å². The van der Waals surface area contributed by atoms with Crippen molar-refractivity contribution in [3.63, 3.8) is 0 Å². The van der Waals surface area contributed by atoms with Crippen molar-refractivity contribution in [2.24, 2.45) is 0 Å². The van der Waals surface area contributed by atoms with Crippen LogP contribution < -0.4 is 5.32 Å². The fourth-order valence-electron chi connectivity index (χ4n) is 1.90. The van der Waals surface area contributed by atoms with Crippen molar-refractivity contribution in [3.05, 3.63) is 69.2 Å². The third kappa shape index (κ3) is 3.48. The molecule has 0 aliphatic carbocycles. The maximum atomic E-state index is 12.2. The van der Waals surface area contributed by atoms with Gasteiger partial charge in [-0.05, 0) is 65.1 Å². The van der Waals surface area contributed by atoms with E-state index in [-0.39, 0.29) is 5.91 Å². The number of nitrogens with zero attached hydrogens (tertiary/aromatic N) is 1. The smallest absolute Gasteiger partial charge is 0.255 e. The average Bonchev–Trinajstić information content (AvgIpc) is 3.02. The standard InChI is InChI=1S/C16H11IN2OS/c17-13-3-1-2-12(10-13)15(20)19-14-6-4-11(5-7-14)16-18-8-9-21-16/h1-10H,(H,19,20). The first kappa shape index (κ1) is 14.2. The van der Waals surface area contributed by atoms with E-state index in [1.807, 2.05) is 47.8 Å². The van der Waals surface area contributed by atoms with E-state index in [2.05, 4.69) is 32.9 Å². The van der Waals surface area contributed by atoms with Crippen molar-refractivity contribution in [2.75, 3.05) is 5.32 Å². The molecule has 3 rings (SSSR count). The van der Waals surface area contributed by atoms with Gasteiger partial charge in [-0.1, -0.05) is 6.07 Å². The minimum absolute atomic E-state index is 0.101. The molecular formula is C16H11IN2OS. The average molecular weight is 406 g/mol. The van der Waals surface area contributed by atoms with E-state index in [4.69, 9.17) is 0 Å². The Hall–Kier alpha value is -1.73. The van der Waals surface area contributed by atoms with Gasteiger partial charge in [0.2, 0.25) is 0 Å². The summed E-state index contributed by atoms with van der Waals surface area (Å²) in [4.78, 5) is 16.4. The third-order valence-electron chi connectivity index (χ3n) is 2.91. The molecule has 0 unspecified atom stereocenters. The van der Waals surface area contributed by atoms with Gasteiger partial charge in [0.25, 0.3) is 5.91 Å². The van der Waals surface area contributed by atoms with E-state index < -0.39 is 0 Å². The number of thiazole rings is 1. The van der Waals surface area contributed by atoms with Gasteiger partial charge in [-0.3, -0.25) is 4.79 Å². The molecule has 0 aliphatic rings. The Bertz CT molecular complexity index is 754. The summed E-state index contributed by atoms with van der Waals surface area (Å²) in [6, 6.07) is 15.2. The van der Waals surface area contributed by atoms with Crippen molar-refractivity contribution in [3.8, 4) is 10.6 Å². The number of nitrogens with one attached hydrogen (secondary N) is 1. The summed E-state index contributed by atoms with van der Waals surface area (Å²) in [6.45, 7) is 0. The molecule has 0 saturated heterocycles. The van der Waals surface area contributed by atoms with Gasteiger partial charge in [-0.15, -0.1) is 11.3 Å². The first-order valence-electron chi connectivity index (χ1n) is 6.29. The summed E-state index contributed by atoms with van der Waals surface area (Å²) in [6.07, 6.45) is 1.78. The maximum Gasteiger partial charge on any atom is 0.255 e. The number of hydrogen-bond acceptors (Lipinski definition) is 3. The zero-order valence-corrected chi connectivity index (χ0v) is 13.9. The molecule has 104 valence electrons. The van der Waals surface area contributed by atoms with Gasteiger partial charge in [-0.25, -0.2) is 4.98 Å². The quantitative estimate of drug-likeness (QED) is 0.643. The molecule has 0 saturated carbocycles. The van der Waals surface area contributed by atoms with Crippen LogP contribution in [0.3, 0.4) is 0 Å². The highest BCUT2D eigenvalue weighted by atomic mass is 127. The first-order chi connectivity index (χ1) is 10.2. The molecule has 3 aromatic rings. The van der Waals surface area contributed by atoms with Crippen molar-refractivity contribution >= 4 is 45.5 Å². The van der Waals surface area contributed by atoms with Crippen molar-refractivity contribution in [1.82, 2.24) is 4.98 Å². The van der Waals surface area contributed by atoms with Gasteiger partial charge >= 0.3 is 0 Å². The Kier molecular flexibility index (Phi) is 4.31. The molecule has 5 heteroatoms. The van der Waals surface area contributed by atoms with Gasteiger partial charge in [0, 0.05) is 32.0 Å². The Labute approximate surface area is 140 Å². The number of halogens is 1. The first-order valence-corrected chi connectivity index (χ1v) is 8.25. The molecule has 0 spiro atoms. The van der Waals surface area contributed by atoms with E-state index in [9.17, 15) is 4.79 Å². The third-order valence-corrected chi connectivity index (χ3v) is 4.40. The summed E-state index contributed by atoms with van der Waals surface area (Å²) in [5.41, 5.74) is 2.49. The number of rotatable bonds is 3. The predicted octanol–water partition coefficient (Wildman–Crippen LogP) is 4.67. The van der Waals surface area contributed by atoms with Gasteiger partial charge in [0.1, 0.15) is 5.01 Å². The second kappa shape index (κ2) is 6.36. The molecule has 3 nitrogen and oxygen atoms in total. The van der Waals surface area contributed by atoms with Crippen LogP contribution in [0, 0.1) is 3.57 Å². The van der Waals surface area contributed by atoms with Crippen LogP contribution in [0.15, 0.2) is 60.1 Å². The Morgan fingerprint density at radius 2 is 1.95 bits per heavy atom. The normalized spacial score (nSPS) is 10.3. The lowest BCUT2D eigenvalue weighted by atomic mass is 10.2. The summed E-state index contributed by atoms with van der Waals surface area (Å²) >= 11 is 3.79. The molecule has 0 radical (unpaired) electrons. The lowest BCUT2D eigenvalue weighted by Gasteiger charge is -2.06. The van der Waals surface area contributed by atoms with Crippen LogP contribution in [0.1, 0.15) is 10.4 Å². The number of benzene rings is 2. The predicted molar refractivity (Wildman–Crippen MR) is 94.7 cm³/mol. The molecule has 21 heavy (non-hydrogen) atoms. The summed E-state index contributed by atoms with van der Waals surface area (Å²) in [5.74, 6) is -0.101. The summed E-state index contributed by atoms with van der Waals surface area (Å²) < 4.78 is 1.04. The summed E-state index contributed by atoms with van der Waals surface area (Å²) in [7, 11) is 0. The number of aromatic nitrogens is 1. The number of amides is 1. The number of hydrogen-bond donors (Lipinski definition) is 1. The van der Waals surface area contributed by atoms with Gasteiger partial charge in [-0.2, -0.15) is 0 Å². The van der Waals surface area contributed by atoms with Crippen LogP contribution in [0.4, 0.5) is 5.69 Å². The topological polar surface area (TPSA) is 42.0 Å². The second-order valence-corrected chi connectivity index (χ2v) is 6.52. The van der Waals surface area contributed by atoms with Crippen molar-refractivity contribution in [2.45, 2.75) is 0 Å². The van der Waals surface area contributed by atoms with E-state index in [1.54, 1.807) is 23.6 Å². The summed E-state index contributed by atoms with van der Waals surface area (Å²) in [5, 5.41) is 5.82. The maximum absolute atomic E-state index is 12.2. The molecule has 0 fully saturated rings. The molecule has 1 amide bonds. The van der Waals surface area contributed by atoms with Crippen LogP contribution in [-0.4, -0.2) is 10.9 Å². The lowest BCUT2D eigenvalue weighted by molar-refractivity contribution is 0.102. The highest BCUT2D eigenvalue weighted by molar-refractivity contribution is 14.1. The van der Waals surface area contributed by atoms with Crippen molar-refractivity contribution in [1.29, 1.82) is 0 Å². The highest BCUT2D eigenvalue weighted by Crippen LogP contribution is 2.23. The zero-order valence-electron chi connectivity index (χ0n) is 10.9. The largest absolute Gasteiger partial charge is 0.322 e. The van der Waals surface area contributed by atoms with Gasteiger partial charge in [0.15, 0.2) is 0 Å². The van der Waals surface area contributed by atoms with Crippen LogP contribution >= 0.6 is 33.9 Å². The fraction of sp³-hybridized carbons (Fsp3) is 0. The molecule has 0 bridgehead atoms. The van der Waals surface area contributed by atoms with Gasteiger partial charge in [0.05, 0.1) is 0 Å². The minimum atomic E-state index is -0.101. The Balaban J connectivity index is 1.75. The molecule has 1 N–H and O–H groups in total. The number of carbonyl (C=O) groups excluding carboxylic acids is 1. The molecule has 1 heterocycles. The monoisotopic (exact) mass is 406 g/mol. The van der Waals surface area contributed by atoms with Crippen LogP contribution in [-0.2, 0) is 0 Å². The molecule has 0 aliphatic heterocycles. The molecular weight excluding hydrogens is 395 g/mol. The molecule has 2 aromatic carbocycles.